The summed E-state index contributed by atoms with van der Waals surface area (Å²) >= 11 is 0. The van der Waals surface area contributed by atoms with Crippen LogP contribution >= 0.6 is 0 Å². The molecular formula is C16H24N6O. The van der Waals surface area contributed by atoms with Crippen LogP contribution in [0.4, 0.5) is 0 Å². The van der Waals surface area contributed by atoms with Gasteiger partial charge < -0.3 is 15.4 Å². The number of pyridine rings is 1. The van der Waals surface area contributed by atoms with Crippen LogP contribution in [0.3, 0.4) is 0 Å². The van der Waals surface area contributed by atoms with Crippen molar-refractivity contribution < 1.29 is 4.74 Å². The van der Waals surface area contributed by atoms with E-state index in [1.165, 1.54) is 0 Å². The molecule has 2 aromatic heterocycles. The highest BCUT2D eigenvalue weighted by Crippen LogP contribution is 2.07. The lowest BCUT2D eigenvalue weighted by atomic mass is 10.2. The molecule has 23 heavy (non-hydrogen) atoms. The fraction of sp³-hybridized carbons (Fsp3) is 0.438. The highest BCUT2D eigenvalue weighted by Gasteiger charge is 2.01. The second kappa shape index (κ2) is 9.58. The summed E-state index contributed by atoms with van der Waals surface area (Å²) in [7, 11) is 1.71. The quantitative estimate of drug-likeness (QED) is 0.437. The molecule has 0 aliphatic carbocycles. The molecule has 0 saturated heterocycles. The van der Waals surface area contributed by atoms with E-state index >= 15 is 0 Å². The van der Waals surface area contributed by atoms with Crippen LogP contribution in [-0.2, 0) is 11.3 Å². The molecule has 0 bridgehead atoms. The number of ether oxygens (including phenoxy) is 1. The van der Waals surface area contributed by atoms with Crippen LogP contribution < -0.4 is 10.6 Å². The fourth-order valence-corrected chi connectivity index (χ4v) is 2.02. The monoisotopic (exact) mass is 316 g/mol. The second-order valence-electron chi connectivity index (χ2n) is 4.94. The number of nitrogens with zero attached hydrogens (tertiary/aromatic N) is 4. The average Bonchev–Trinajstić information content (AvgIpc) is 3.11. The van der Waals surface area contributed by atoms with Crippen molar-refractivity contribution in [3.8, 4) is 5.82 Å². The molecule has 0 spiro atoms. The zero-order chi connectivity index (χ0) is 16.3. The molecule has 0 aliphatic rings. The Morgan fingerprint density at radius 1 is 1.35 bits per heavy atom. The molecule has 2 rings (SSSR count). The number of nitrogens with one attached hydrogen (secondary N) is 2. The van der Waals surface area contributed by atoms with Crippen LogP contribution in [0.15, 0.2) is 41.8 Å². The zero-order valence-corrected chi connectivity index (χ0v) is 13.7. The molecule has 0 fully saturated rings. The van der Waals surface area contributed by atoms with Crippen molar-refractivity contribution in [3.63, 3.8) is 0 Å². The summed E-state index contributed by atoms with van der Waals surface area (Å²) in [5.41, 5.74) is 1.08. The number of aliphatic imine (C=N–C) groups is 1. The normalized spacial score (nSPS) is 11.5. The van der Waals surface area contributed by atoms with Gasteiger partial charge in [0.1, 0.15) is 0 Å². The highest BCUT2D eigenvalue weighted by atomic mass is 16.5. The van der Waals surface area contributed by atoms with Gasteiger partial charge in [0.2, 0.25) is 0 Å². The van der Waals surface area contributed by atoms with Gasteiger partial charge in [0.15, 0.2) is 11.8 Å². The Hall–Kier alpha value is -2.41. The molecule has 0 amide bonds. The maximum absolute atomic E-state index is 5.05. The Kier molecular flexibility index (Phi) is 7.06. The predicted octanol–water partition coefficient (Wildman–Crippen LogP) is 1.36. The Morgan fingerprint density at radius 2 is 2.26 bits per heavy atom. The molecule has 7 nitrogen and oxygen atoms in total. The van der Waals surface area contributed by atoms with Crippen LogP contribution in [0.5, 0.6) is 0 Å². The number of aromatic nitrogens is 3. The summed E-state index contributed by atoms with van der Waals surface area (Å²) < 4.78 is 6.78. The Labute approximate surface area is 136 Å². The third kappa shape index (κ3) is 5.71. The van der Waals surface area contributed by atoms with E-state index in [0.29, 0.717) is 6.54 Å². The van der Waals surface area contributed by atoms with Crippen molar-refractivity contribution in [3.05, 3.63) is 42.4 Å². The SMILES string of the molecule is CCNC(=NCc1ccnc(-n2cccn2)c1)NCCCOC. The summed E-state index contributed by atoms with van der Waals surface area (Å²) in [4.78, 5) is 8.92. The minimum atomic E-state index is 0.580. The van der Waals surface area contributed by atoms with E-state index in [2.05, 4.69) is 32.6 Å². The van der Waals surface area contributed by atoms with Gasteiger partial charge in [-0.25, -0.2) is 14.7 Å². The van der Waals surface area contributed by atoms with Gasteiger partial charge in [-0.1, -0.05) is 0 Å². The van der Waals surface area contributed by atoms with Crippen LogP contribution in [-0.4, -0.2) is 47.5 Å². The topological polar surface area (TPSA) is 76.4 Å². The molecule has 7 heteroatoms. The first kappa shape index (κ1) is 17.0. The van der Waals surface area contributed by atoms with Gasteiger partial charge >= 0.3 is 0 Å². The number of hydrogen-bond acceptors (Lipinski definition) is 4. The summed E-state index contributed by atoms with van der Waals surface area (Å²) in [6.07, 6.45) is 6.33. The van der Waals surface area contributed by atoms with Gasteiger partial charge in [0.25, 0.3) is 0 Å². The molecular weight excluding hydrogens is 292 g/mol. The minimum absolute atomic E-state index is 0.580. The molecule has 2 N–H and O–H groups in total. The summed E-state index contributed by atoms with van der Waals surface area (Å²) in [5, 5.41) is 10.7. The predicted molar refractivity (Wildman–Crippen MR) is 90.7 cm³/mol. The van der Waals surface area contributed by atoms with Gasteiger partial charge in [0, 0.05) is 45.4 Å². The van der Waals surface area contributed by atoms with E-state index < -0.39 is 0 Å². The molecule has 0 aromatic carbocycles. The first-order chi connectivity index (χ1) is 11.3. The van der Waals surface area contributed by atoms with Crippen molar-refractivity contribution in [1.29, 1.82) is 0 Å². The van der Waals surface area contributed by atoms with Crippen molar-refractivity contribution in [2.24, 2.45) is 4.99 Å². The van der Waals surface area contributed by atoms with Crippen LogP contribution in [0.1, 0.15) is 18.9 Å². The zero-order valence-electron chi connectivity index (χ0n) is 13.7. The molecule has 0 saturated carbocycles. The van der Waals surface area contributed by atoms with Crippen molar-refractivity contribution in [2.45, 2.75) is 19.9 Å². The number of methoxy groups -OCH3 is 1. The second-order valence-corrected chi connectivity index (χ2v) is 4.94. The molecule has 0 aliphatic heterocycles. The van der Waals surface area contributed by atoms with E-state index in [9.17, 15) is 0 Å². The molecule has 2 aromatic rings. The fourth-order valence-electron chi connectivity index (χ4n) is 2.02. The van der Waals surface area contributed by atoms with Crippen molar-refractivity contribution in [1.82, 2.24) is 25.4 Å². The Balaban J connectivity index is 1.96. The summed E-state index contributed by atoms with van der Waals surface area (Å²) in [6.45, 7) is 5.02. The maximum Gasteiger partial charge on any atom is 0.191 e. The van der Waals surface area contributed by atoms with Gasteiger partial charge in [0.05, 0.1) is 6.54 Å². The van der Waals surface area contributed by atoms with Crippen LogP contribution in [0, 0.1) is 0 Å². The minimum Gasteiger partial charge on any atom is -0.385 e. The van der Waals surface area contributed by atoms with E-state index in [4.69, 9.17) is 4.74 Å². The summed E-state index contributed by atoms with van der Waals surface area (Å²) in [6, 6.07) is 5.83. The number of hydrogen-bond donors (Lipinski definition) is 2. The largest absolute Gasteiger partial charge is 0.385 e. The van der Waals surface area contributed by atoms with Gasteiger partial charge in [-0.2, -0.15) is 5.10 Å². The lowest BCUT2D eigenvalue weighted by Gasteiger charge is -2.11. The smallest absolute Gasteiger partial charge is 0.191 e. The maximum atomic E-state index is 5.05. The van der Waals surface area contributed by atoms with Gasteiger partial charge in [-0.05, 0) is 37.1 Å². The third-order valence-electron chi connectivity index (χ3n) is 3.13. The average molecular weight is 316 g/mol. The molecule has 2 heterocycles. The number of rotatable bonds is 8. The van der Waals surface area contributed by atoms with Crippen LogP contribution in [0.2, 0.25) is 0 Å². The van der Waals surface area contributed by atoms with Crippen molar-refractivity contribution >= 4 is 5.96 Å². The highest BCUT2D eigenvalue weighted by molar-refractivity contribution is 5.79. The number of guanidine groups is 1. The van der Waals surface area contributed by atoms with Crippen molar-refractivity contribution in [2.75, 3.05) is 26.8 Å². The molecule has 0 unspecified atom stereocenters. The first-order valence-electron chi connectivity index (χ1n) is 7.79. The van der Waals surface area contributed by atoms with Gasteiger partial charge in [-0.3, -0.25) is 0 Å². The lowest BCUT2D eigenvalue weighted by molar-refractivity contribution is 0.195. The third-order valence-corrected chi connectivity index (χ3v) is 3.13. The first-order valence-corrected chi connectivity index (χ1v) is 7.79. The van der Waals surface area contributed by atoms with E-state index in [1.54, 1.807) is 24.2 Å². The standard InChI is InChI=1S/C16H24N6O/c1-3-17-16(19-7-5-11-23-2)20-13-14-6-9-18-15(12-14)22-10-4-8-21-22/h4,6,8-10,12H,3,5,7,11,13H2,1-2H3,(H2,17,19,20). The Morgan fingerprint density at radius 3 is 3.00 bits per heavy atom. The van der Waals surface area contributed by atoms with Gasteiger partial charge in [-0.15, -0.1) is 0 Å². The van der Waals surface area contributed by atoms with E-state index in [0.717, 1.165) is 43.5 Å². The molecule has 0 radical (unpaired) electrons. The van der Waals surface area contributed by atoms with E-state index in [1.807, 2.05) is 24.4 Å². The lowest BCUT2D eigenvalue weighted by Crippen LogP contribution is -2.38. The molecule has 0 atom stereocenters. The van der Waals surface area contributed by atoms with E-state index in [-0.39, 0.29) is 0 Å². The summed E-state index contributed by atoms with van der Waals surface area (Å²) in [5.74, 6) is 1.60. The molecule has 124 valence electrons. The Bertz CT molecular complexity index is 596. The van der Waals surface area contributed by atoms with Crippen LogP contribution in [0.25, 0.3) is 5.82 Å².